The second kappa shape index (κ2) is 22.6. The van der Waals surface area contributed by atoms with E-state index in [2.05, 4.69) is 26.1 Å². The topological polar surface area (TPSA) is 116 Å². The highest BCUT2D eigenvalue weighted by atomic mass is 16.5. The van der Waals surface area contributed by atoms with Gasteiger partial charge >= 0.3 is 5.97 Å². The molecule has 0 saturated carbocycles. The number of rotatable bonds is 19. The van der Waals surface area contributed by atoms with Crippen molar-refractivity contribution in [2.75, 3.05) is 26.4 Å². The zero-order chi connectivity index (χ0) is 25.5. The van der Waals surface area contributed by atoms with Gasteiger partial charge in [0.2, 0.25) is 5.91 Å². The number of ether oxygens (including phenoxy) is 1. The van der Waals surface area contributed by atoms with Crippen LogP contribution in [0.4, 0.5) is 0 Å². The summed E-state index contributed by atoms with van der Waals surface area (Å²) in [6.07, 6.45) is 12.4. The molecule has 0 bridgehead atoms. The normalized spacial score (nSPS) is 12.2. The first-order valence-electron chi connectivity index (χ1n) is 12.9. The Balaban J connectivity index is 0. The second-order valence-electron chi connectivity index (χ2n) is 9.90. The lowest BCUT2D eigenvalue weighted by atomic mass is 9.87. The fourth-order valence-corrected chi connectivity index (χ4v) is 2.89. The minimum absolute atomic E-state index is 0.000230. The molecule has 1 unspecified atom stereocenters. The van der Waals surface area contributed by atoms with E-state index in [1.807, 2.05) is 0 Å². The van der Waals surface area contributed by atoms with Crippen LogP contribution in [0.15, 0.2) is 0 Å². The molecule has 0 aromatic rings. The van der Waals surface area contributed by atoms with Crippen molar-refractivity contribution in [2.24, 2.45) is 11.3 Å². The van der Waals surface area contributed by atoms with Crippen molar-refractivity contribution in [1.29, 1.82) is 0 Å². The van der Waals surface area contributed by atoms with Crippen LogP contribution in [0.3, 0.4) is 0 Å². The fraction of sp³-hybridized carbons (Fsp3) is 0.923. The summed E-state index contributed by atoms with van der Waals surface area (Å²) < 4.78 is 5.19. The van der Waals surface area contributed by atoms with Gasteiger partial charge in [-0.25, -0.2) is 0 Å². The highest BCUT2D eigenvalue weighted by Crippen LogP contribution is 2.19. The summed E-state index contributed by atoms with van der Waals surface area (Å²) in [4.78, 5) is 22.7. The van der Waals surface area contributed by atoms with Crippen molar-refractivity contribution in [3.63, 3.8) is 0 Å². The molecule has 0 aliphatic carbocycles. The molecule has 0 aromatic carbocycles. The van der Waals surface area contributed by atoms with Crippen molar-refractivity contribution < 1.29 is 29.6 Å². The van der Waals surface area contributed by atoms with E-state index < -0.39 is 17.4 Å². The van der Waals surface area contributed by atoms with E-state index >= 15 is 0 Å². The van der Waals surface area contributed by atoms with Gasteiger partial charge in [0.15, 0.2) is 0 Å². The number of nitrogens with one attached hydrogen (secondary N) is 1. The number of hydrogen-bond donors (Lipinski definition) is 4. The maximum atomic E-state index is 11.4. The molecule has 0 aliphatic heterocycles. The molecule has 4 N–H and O–H groups in total. The predicted octanol–water partition coefficient (Wildman–Crippen LogP) is 4.36. The molecule has 0 aromatic heterocycles. The highest BCUT2D eigenvalue weighted by Gasteiger charge is 2.32. The van der Waals surface area contributed by atoms with Gasteiger partial charge in [-0.05, 0) is 25.2 Å². The van der Waals surface area contributed by atoms with Gasteiger partial charge in [-0.2, -0.15) is 0 Å². The summed E-state index contributed by atoms with van der Waals surface area (Å²) in [5.41, 5.74) is -0.844. The highest BCUT2D eigenvalue weighted by molar-refractivity contribution is 5.81. The Labute approximate surface area is 202 Å². The van der Waals surface area contributed by atoms with Crippen LogP contribution in [0.25, 0.3) is 0 Å². The zero-order valence-electron chi connectivity index (χ0n) is 22.0. The molecule has 0 saturated heterocycles. The standard InChI is InChI=1S/C17H34O2.C9H19NO4/c1-4-5-6-7-8-9-10-11-12-13-17(18)19-15-14-16(2)3;1-9(2,6-12)7(13)8(14)10-4-3-5-11/h16H,4-15H2,1-3H3;7,11-13H,3-6H2,1-2H3,(H,10,14). The molecule has 0 fully saturated rings. The van der Waals surface area contributed by atoms with E-state index in [4.69, 9.17) is 14.9 Å². The monoisotopic (exact) mass is 475 g/mol. The lowest BCUT2D eigenvalue weighted by Crippen LogP contribution is -2.45. The Kier molecular flexibility index (Phi) is 23.3. The third-order valence-corrected chi connectivity index (χ3v) is 5.47. The molecule has 0 rings (SSSR count). The molecule has 7 heteroatoms. The summed E-state index contributed by atoms with van der Waals surface area (Å²) in [5, 5.41) is 29.3. The van der Waals surface area contributed by atoms with E-state index in [0.29, 0.717) is 31.9 Å². The maximum Gasteiger partial charge on any atom is 0.305 e. The van der Waals surface area contributed by atoms with Gasteiger partial charge in [0.1, 0.15) is 6.10 Å². The molecule has 0 heterocycles. The molecule has 198 valence electrons. The Hall–Kier alpha value is -1.18. The average molecular weight is 476 g/mol. The summed E-state index contributed by atoms with van der Waals surface area (Å²) in [6.45, 7) is 10.4. The largest absolute Gasteiger partial charge is 0.466 e. The van der Waals surface area contributed by atoms with Crippen LogP contribution in [0.2, 0.25) is 0 Å². The number of hydrogen-bond acceptors (Lipinski definition) is 6. The van der Waals surface area contributed by atoms with Gasteiger partial charge in [-0.3, -0.25) is 9.59 Å². The van der Waals surface area contributed by atoms with Gasteiger partial charge in [-0.15, -0.1) is 0 Å². The van der Waals surface area contributed by atoms with E-state index in [1.165, 1.54) is 51.4 Å². The first kappa shape index (κ1) is 34.0. The van der Waals surface area contributed by atoms with Crippen molar-refractivity contribution in [3.8, 4) is 0 Å². The van der Waals surface area contributed by atoms with Crippen LogP contribution in [0.5, 0.6) is 0 Å². The van der Waals surface area contributed by atoms with Crippen LogP contribution in [0, 0.1) is 11.3 Å². The smallest absolute Gasteiger partial charge is 0.305 e. The van der Waals surface area contributed by atoms with Crippen LogP contribution in [-0.2, 0) is 14.3 Å². The third kappa shape index (κ3) is 22.4. The fourth-order valence-electron chi connectivity index (χ4n) is 2.89. The van der Waals surface area contributed by atoms with E-state index in [-0.39, 0.29) is 19.2 Å². The third-order valence-electron chi connectivity index (χ3n) is 5.47. The molecule has 33 heavy (non-hydrogen) atoms. The van der Waals surface area contributed by atoms with Crippen molar-refractivity contribution in [2.45, 2.75) is 118 Å². The first-order chi connectivity index (χ1) is 15.6. The lowest BCUT2D eigenvalue weighted by Gasteiger charge is -2.27. The minimum Gasteiger partial charge on any atom is -0.466 e. The number of aliphatic hydroxyl groups excluding tert-OH is 3. The van der Waals surface area contributed by atoms with Gasteiger partial charge < -0.3 is 25.4 Å². The zero-order valence-corrected chi connectivity index (χ0v) is 22.0. The van der Waals surface area contributed by atoms with Crippen LogP contribution in [-0.4, -0.2) is 59.7 Å². The minimum atomic E-state index is -1.23. The number of carbonyl (C=O) groups is 2. The Morgan fingerprint density at radius 1 is 0.909 bits per heavy atom. The summed E-state index contributed by atoms with van der Waals surface area (Å²) in [5.74, 6) is 0.0848. The Bertz CT molecular complexity index is 468. The predicted molar refractivity (Wildman–Crippen MR) is 134 cm³/mol. The number of carbonyl (C=O) groups excluding carboxylic acids is 2. The van der Waals surface area contributed by atoms with E-state index in [0.717, 1.165) is 12.8 Å². The number of unbranched alkanes of at least 4 members (excludes halogenated alkanes) is 8. The van der Waals surface area contributed by atoms with Crippen LogP contribution < -0.4 is 5.32 Å². The summed E-state index contributed by atoms with van der Waals surface area (Å²) >= 11 is 0. The molecular formula is C26H53NO6. The summed E-state index contributed by atoms with van der Waals surface area (Å²) in [7, 11) is 0. The molecule has 0 radical (unpaired) electrons. The number of esters is 1. The van der Waals surface area contributed by atoms with Crippen molar-refractivity contribution in [1.82, 2.24) is 5.32 Å². The van der Waals surface area contributed by atoms with Gasteiger partial charge in [0.05, 0.1) is 13.2 Å². The number of amides is 1. The van der Waals surface area contributed by atoms with Crippen molar-refractivity contribution in [3.05, 3.63) is 0 Å². The molecule has 1 amide bonds. The second-order valence-corrected chi connectivity index (χ2v) is 9.90. The van der Waals surface area contributed by atoms with E-state index in [1.54, 1.807) is 13.8 Å². The molecule has 7 nitrogen and oxygen atoms in total. The molecule has 0 aliphatic rings. The van der Waals surface area contributed by atoms with Gasteiger partial charge in [0.25, 0.3) is 0 Å². The Morgan fingerprint density at radius 3 is 1.94 bits per heavy atom. The average Bonchev–Trinajstić information content (AvgIpc) is 2.77. The quantitative estimate of drug-likeness (QED) is 0.163. The lowest BCUT2D eigenvalue weighted by molar-refractivity contribution is -0.144. The van der Waals surface area contributed by atoms with Crippen LogP contribution >= 0.6 is 0 Å². The molecular weight excluding hydrogens is 422 g/mol. The maximum absolute atomic E-state index is 11.4. The van der Waals surface area contributed by atoms with Crippen LogP contribution in [0.1, 0.15) is 112 Å². The Morgan fingerprint density at radius 2 is 1.45 bits per heavy atom. The van der Waals surface area contributed by atoms with Gasteiger partial charge in [-0.1, -0.05) is 86.0 Å². The summed E-state index contributed by atoms with van der Waals surface area (Å²) in [6, 6.07) is 0. The van der Waals surface area contributed by atoms with Crippen molar-refractivity contribution >= 4 is 11.9 Å². The van der Waals surface area contributed by atoms with E-state index in [9.17, 15) is 14.7 Å². The first-order valence-corrected chi connectivity index (χ1v) is 12.9. The number of aliphatic hydroxyl groups is 3. The molecule has 0 spiro atoms. The molecule has 1 atom stereocenters. The SMILES string of the molecule is CC(C)(CO)C(O)C(=O)NCCCO.CCCCCCCCCCCC(=O)OCCC(C)C. The van der Waals surface area contributed by atoms with Gasteiger partial charge in [0, 0.05) is 25.0 Å².